The average molecular weight is 498 g/mol. The summed E-state index contributed by atoms with van der Waals surface area (Å²) in [5.74, 6) is -0.698. The van der Waals surface area contributed by atoms with Crippen molar-refractivity contribution in [2.24, 2.45) is 0 Å². The van der Waals surface area contributed by atoms with Gasteiger partial charge in [0.1, 0.15) is 17.7 Å². The molecule has 35 heavy (non-hydrogen) atoms. The van der Waals surface area contributed by atoms with Gasteiger partial charge in [0.2, 0.25) is 11.9 Å². The summed E-state index contributed by atoms with van der Waals surface area (Å²) in [6.45, 7) is 6.85. The van der Waals surface area contributed by atoms with Gasteiger partial charge in [0, 0.05) is 37.6 Å². The van der Waals surface area contributed by atoms with Crippen LogP contribution >= 0.6 is 11.6 Å². The number of carbonyl (C=O) groups is 2. The molecule has 1 aliphatic heterocycles. The Bertz CT molecular complexity index is 1280. The number of anilines is 1. The van der Waals surface area contributed by atoms with Crippen LogP contribution in [-0.2, 0) is 17.9 Å². The summed E-state index contributed by atoms with van der Waals surface area (Å²) in [7, 11) is 1.48. The predicted molar refractivity (Wildman–Crippen MR) is 130 cm³/mol. The number of imidazole rings is 1. The first-order chi connectivity index (χ1) is 16.8. The number of amides is 2. The summed E-state index contributed by atoms with van der Waals surface area (Å²) < 4.78 is 16.7. The average Bonchev–Trinajstić information content (AvgIpc) is 3.04. The molecule has 0 saturated carbocycles. The van der Waals surface area contributed by atoms with Gasteiger partial charge in [-0.1, -0.05) is 18.2 Å². The fraction of sp³-hybridized carbons (Fsp3) is 0.292. The van der Waals surface area contributed by atoms with Gasteiger partial charge in [-0.05, 0) is 43.2 Å². The number of hydrogen-bond donors (Lipinski definition) is 2. The SMILES string of the molecule is C=C(C)[C@H](NC(=O)c1nc(-c2ccc(Cl)cc2F)n2c1CN(c1ncccn1)CCC2)C(=O)NC. The first kappa shape index (κ1) is 24.3. The predicted octanol–water partition coefficient (Wildman–Crippen LogP) is 2.96. The van der Waals surface area contributed by atoms with Crippen LogP contribution in [0.25, 0.3) is 11.4 Å². The molecule has 1 atom stereocenters. The van der Waals surface area contributed by atoms with E-state index in [0.29, 0.717) is 42.6 Å². The minimum absolute atomic E-state index is 0.0901. The lowest BCUT2D eigenvalue weighted by atomic mass is 10.1. The van der Waals surface area contributed by atoms with Crippen LogP contribution in [0.4, 0.5) is 10.3 Å². The molecule has 0 spiro atoms. The van der Waals surface area contributed by atoms with E-state index in [0.717, 1.165) is 0 Å². The lowest BCUT2D eigenvalue weighted by Gasteiger charge is -2.20. The maximum absolute atomic E-state index is 14.9. The van der Waals surface area contributed by atoms with Gasteiger partial charge < -0.3 is 20.1 Å². The molecule has 9 nitrogen and oxygen atoms in total. The molecule has 0 bridgehead atoms. The van der Waals surface area contributed by atoms with Crippen LogP contribution in [0.5, 0.6) is 0 Å². The second kappa shape index (κ2) is 10.2. The first-order valence-electron chi connectivity index (χ1n) is 11.0. The highest BCUT2D eigenvalue weighted by atomic mass is 35.5. The number of nitrogens with zero attached hydrogens (tertiary/aromatic N) is 5. The molecule has 1 aliphatic rings. The van der Waals surface area contributed by atoms with Crippen molar-refractivity contribution in [2.75, 3.05) is 18.5 Å². The summed E-state index contributed by atoms with van der Waals surface area (Å²) in [5, 5.41) is 5.49. The number of fused-ring (bicyclic) bond motifs is 1. The van der Waals surface area contributed by atoms with E-state index >= 15 is 0 Å². The Kier molecular flexibility index (Phi) is 7.11. The summed E-state index contributed by atoms with van der Waals surface area (Å²) in [4.78, 5) is 40.9. The highest BCUT2D eigenvalue weighted by molar-refractivity contribution is 6.30. The van der Waals surface area contributed by atoms with E-state index in [-0.39, 0.29) is 22.8 Å². The van der Waals surface area contributed by atoms with Crippen molar-refractivity contribution in [2.45, 2.75) is 32.5 Å². The van der Waals surface area contributed by atoms with Gasteiger partial charge in [0.25, 0.3) is 5.91 Å². The third-order valence-corrected chi connectivity index (χ3v) is 5.96. The van der Waals surface area contributed by atoms with Crippen LogP contribution in [0.1, 0.15) is 29.5 Å². The van der Waals surface area contributed by atoms with Gasteiger partial charge in [0.15, 0.2) is 5.69 Å². The van der Waals surface area contributed by atoms with E-state index in [1.54, 1.807) is 37.5 Å². The zero-order chi connectivity index (χ0) is 25.1. The molecule has 3 heterocycles. The molecular weight excluding hydrogens is 473 g/mol. The quantitative estimate of drug-likeness (QED) is 0.507. The number of benzene rings is 1. The number of carbonyl (C=O) groups excluding carboxylic acids is 2. The van der Waals surface area contributed by atoms with E-state index in [9.17, 15) is 14.0 Å². The second-order valence-electron chi connectivity index (χ2n) is 8.20. The molecule has 2 amide bonds. The molecule has 2 N–H and O–H groups in total. The number of likely N-dealkylation sites (N-methyl/N-ethyl adjacent to an activating group) is 1. The van der Waals surface area contributed by atoms with E-state index in [2.05, 4.69) is 32.2 Å². The van der Waals surface area contributed by atoms with E-state index in [1.807, 2.05) is 9.47 Å². The second-order valence-corrected chi connectivity index (χ2v) is 8.63. The minimum atomic E-state index is -0.945. The van der Waals surface area contributed by atoms with Crippen molar-refractivity contribution < 1.29 is 14.0 Å². The Morgan fingerprint density at radius 2 is 1.97 bits per heavy atom. The van der Waals surface area contributed by atoms with Crippen molar-refractivity contribution in [1.82, 2.24) is 30.2 Å². The van der Waals surface area contributed by atoms with Gasteiger partial charge in [-0.25, -0.2) is 19.3 Å². The van der Waals surface area contributed by atoms with E-state index < -0.39 is 23.7 Å². The summed E-state index contributed by atoms with van der Waals surface area (Å²) in [6, 6.07) is 5.11. The molecule has 0 fully saturated rings. The van der Waals surface area contributed by atoms with Crippen LogP contribution in [0.3, 0.4) is 0 Å². The number of aromatic nitrogens is 4. The molecule has 11 heteroatoms. The van der Waals surface area contributed by atoms with E-state index in [4.69, 9.17) is 11.6 Å². The maximum atomic E-state index is 14.9. The maximum Gasteiger partial charge on any atom is 0.272 e. The fourth-order valence-corrected chi connectivity index (χ4v) is 4.17. The Balaban J connectivity index is 1.81. The molecule has 0 aliphatic carbocycles. The zero-order valence-corrected chi connectivity index (χ0v) is 20.1. The third-order valence-electron chi connectivity index (χ3n) is 5.72. The molecule has 4 rings (SSSR count). The third kappa shape index (κ3) is 5.02. The Morgan fingerprint density at radius 1 is 1.23 bits per heavy atom. The summed E-state index contributed by atoms with van der Waals surface area (Å²) in [6.07, 6.45) is 3.98. The van der Waals surface area contributed by atoms with Crippen molar-refractivity contribution in [3.63, 3.8) is 0 Å². The Morgan fingerprint density at radius 3 is 2.63 bits per heavy atom. The monoisotopic (exact) mass is 497 g/mol. The normalized spacial score (nSPS) is 14.0. The van der Waals surface area contributed by atoms with Crippen LogP contribution < -0.4 is 15.5 Å². The lowest BCUT2D eigenvalue weighted by molar-refractivity contribution is -0.121. The molecule has 0 radical (unpaired) electrons. The van der Waals surface area contributed by atoms with E-state index in [1.165, 1.54) is 13.1 Å². The van der Waals surface area contributed by atoms with Crippen LogP contribution in [0, 0.1) is 5.82 Å². The van der Waals surface area contributed by atoms with Gasteiger partial charge in [0.05, 0.1) is 17.8 Å². The van der Waals surface area contributed by atoms with Crippen LogP contribution in [0.2, 0.25) is 5.02 Å². The van der Waals surface area contributed by atoms with Gasteiger partial charge in [-0.2, -0.15) is 0 Å². The number of halogens is 2. The fourth-order valence-electron chi connectivity index (χ4n) is 4.01. The highest BCUT2D eigenvalue weighted by Gasteiger charge is 2.30. The largest absolute Gasteiger partial charge is 0.357 e. The van der Waals surface area contributed by atoms with Gasteiger partial charge >= 0.3 is 0 Å². The molecule has 0 saturated heterocycles. The molecule has 0 unspecified atom stereocenters. The van der Waals surface area contributed by atoms with Crippen molar-refractivity contribution >= 4 is 29.4 Å². The van der Waals surface area contributed by atoms with Crippen LogP contribution in [0.15, 0.2) is 48.8 Å². The highest BCUT2D eigenvalue weighted by Crippen LogP contribution is 2.30. The molecular formula is C24H25ClFN7O2. The molecule has 3 aromatic rings. The van der Waals surface area contributed by atoms with Crippen molar-refractivity contribution in [3.05, 3.63) is 71.0 Å². The van der Waals surface area contributed by atoms with Crippen molar-refractivity contribution in [3.8, 4) is 11.4 Å². The zero-order valence-electron chi connectivity index (χ0n) is 19.4. The van der Waals surface area contributed by atoms with Crippen molar-refractivity contribution in [1.29, 1.82) is 0 Å². The standard InChI is InChI=1S/C24H25ClFN7O2/c1-14(2)19(22(34)27-3)31-23(35)20-18-13-32(24-28-8-4-9-29-24)10-5-11-33(18)21(30-20)16-7-6-15(25)12-17(16)26/h4,6-9,12,19H,1,5,10-11,13H2,2-3H3,(H,27,34)(H,31,35)/t19-/m0/s1. The summed E-state index contributed by atoms with van der Waals surface area (Å²) >= 11 is 5.95. The smallest absolute Gasteiger partial charge is 0.272 e. The first-order valence-corrected chi connectivity index (χ1v) is 11.4. The van der Waals surface area contributed by atoms with Crippen LogP contribution in [-0.4, -0.2) is 51.0 Å². The van der Waals surface area contributed by atoms with Gasteiger partial charge in [-0.15, -0.1) is 0 Å². The number of nitrogens with one attached hydrogen (secondary N) is 2. The Hall–Kier alpha value is -3.79. The summed E-state index contributed by atoms with van der Waals surface area (Å²) in [5.41, 5.74) is 1.34. The lowest BCUT2D eigenvalue weighted by Crippen LogP contribution is -2.46. The van der Waals surface area contributed by atoms with Gasteiger partial charge in [-0.3, -0.25) is 9.59 Å². The Labute approximate surface area is 207 Å². The topological polar surface area (TPSA) is 105 Å². The molecule has 182 valence electrons. The number of rotatable bonds is 6. The molecule has 2 aromatic heterocycles. The minimum Gasteiger partial charge on any atom is -0.357 e. The molecule has 1 aromatic carbocycles. The number of hydrogen-bond acceptors (Lipinski definition) is 6.